The van der Waals surface area contributed by atoms with Crippen molar-refractivity contribution >= 4 is 85.0 Å². The number of aromatic nitrogens is 5. The van der Waals surface area contributed by atoms with Gasteiger partial charge < -0.3 is 31.2 Å². The molecular weight excluding hydrogens is 769 g/mol. The summed E-state index contributed by atoms with van der Waals surface area (Å²) in [5, 5.41) is 49.4. The van der Waals surface area contributed by atoms with Crippen molar-refractivity contribution in [3.8, 4) is 11.5 Å². The Kier molecular flexibility index (Phi) is 9.95. The number of nitrogen functional groups attached to an aromatic ring is 1. The summed E-state index contributed by atoms with van der Waals surface area (Å²) in [6.07, 6.45) is 0. The lowest BCUT2D eigenvalue weighted by Crippen LogP contribution is -2.71. The number of hydroxylamine groups is 1. The van der Waals surface area contributed by atoms with Crippen molar-refractivity contribution in [3.63, 3.8) is 0 Å². The number of carbonyl (C=O) groups excluding carboxylic acids is 3. The fourth-order valence-corrected chi connectivity index (χ4v) is 8.87. The number of carboxylic acids is 1. The number of β-lactam (4-membered cyclic amide) rings is 1. The maximum absolute atomic E-state index is 13.4. The predicted octanol–water partition coefficient (Wildman–Crippen LogP) is -0.315. The molecule has 3 amide bonds. The number of sulfone groups is 1. The van der Waals surface area contributed by atoms with Gasteiger partial charge in [-0.3, -0.25) is 24.5 Å². The smallest absolute Gasteiger partial charge is 0.352 e. The number of fused-ring (bicyclic) bond motifs is 2. The van der Waals surface area contributed by atoms with Crippen molar-refractivity contribution in [1.29, 1.82) is 0 Å². The van der Waals surface area contributed by atoms with Crippen molar-refractivity contribution in [3.05, 3.63) is 58.1 Å². The predicted molar refractivity (Wildman–Crippen MR) is 181 cm³/mol. The minimum Gasteiger partial charge on any atom is -0.504 e. The SMILES string of the molecule is Cc1cc(SCC2=C(C(=O)O)N3C(=O)[C@@H](NC(=O)/C(=N/OCS(=O)(=O)c4ccc(O)c(O)c4)c4csc(N)n4)[C@H]3SC2)n2nc(C(=O)NO)nc2n1. The molecule has 21 nitrogen and oxygen atoms in total. The van der Waals surface area contributed by atoms with E-state index in [0.29, 0.717) is 16.3 Å². The minimum absolute atomic E-state index is 0.0423. The van der Waals surface area contributed by atoms with Gasteiger partial charge in [-0.25, -0.2) is 28.7 Å². The van der Waals surface area contributed by atoms with E-state index in [9.17, 15) is 42.9 Å². The number of hydrogen-bond acceptors (Lipinski definition) is 19. The van der Waals surface area contributed by atoms with Crippen molar-refractivity contribution in [2.75, 3.05) is 23.2 Å². The van der Waals surface area contributed by atoms with Gasteiger partial charge in [-0.1, -0.05) is 5.16 Å². The average molecular weight is 793 g/mol. The second-order valence-corrected chi connectivity index (χ2v) is 15.7. The summed E-state index contributed by atoms with van der Waals surface area (Å²) in [4.78, 5) is 68.9. The number of nitrogens with two attached hydrogens (primary N) is 1. The molecule has 2 aliphatic heterocycles. The van der Waals surface area contributed by atoms with E-state index in [0.717, 1.165) is 46.2 Å². The fourth-order valence-electron chi connectivity index (χ4n) is 4.89. The summed E-state index contributed by atoms with van der Waals surface area (Å²) in [6, 6.07) is 3.23. The molecule has 1 saturated heterocycles. The number of anilines is 1. The number of aliphatic carboxylic acids is 1. The van der Waals surface area contributed by atoms with Crippen LogP contribution >= 0.6 is 34.9 Å². The fraction of sp³-hybridized carbons (Fsp3) is 0.222. The molecule has 0 aliphatic carbocycles. The molecule has 2 atom stereocenters. The zero-order valence-electron chi connectivity index (χ0n) is 26.2. The molecule has 5 heterocycles. The van der Waals surface area contributed by atoms with E-state index >= 15 is 0 Å². The highest BCUT2D eigenvalue weighted by atomic mass is 32.2. The first-order chi connectivity index (χ1) is 24.7. The van der Waals surface area contributed by atoms with E-state index < -0.39 is 73.0 Å². The largest absolute Gasteiger partial charge is 0.504 e. The topological polar surface area (TPSA) is 314 Å². The highest BCUT2D eigenvalue weighted by Crippen LogP contribution is 2.41. The molecule has 0 spiro atoms. The Hall–Kier alpha value is -5.50. The van der Waals surface area contributed by atoms with Crippen LogP contribution in [0.3, 0.4) is 0 Å². The van der Waals surface area contributed by atoms with E-state index in [1.165, 1.54) is 27.1 Å². The lowest BCUT2D eigenvalue weighted by atomic mass is 10.0. The van der Waals surface area contributed by atoms with Crippen LogP contribution in [0, 0.1) is 6.92 Å². The van der Waals surface area contributed by atoms with Crippen LogP contribution in [0.4, 0.5) is 5.13 Å². The quantitative estimate of drug-likeness (QED) is 0.0184. The number of benzene rings is 1. The standard InChI is InChI=1S/C27H24N10O11S4/c1-10-4-16(37-27(29-10)32-20(33-37)22(41)34-45)49-6-11-7-50-24-18(23(42)36(24)19(11)25(43)44)31-21(40)17(13-8-51-26(28)30-13)35-48-9-52(46,47)12-2-3-14(38)15(39)5-12/h2-5,8,18,24,38-39,45H,6-7,9H2,1H3,(H2,28,30)(H,31,40)(H,34,41)(H,43,44)/b35-17+/t18-,24-/m1/s1. The van der Waals surface area contributed by atoms with Crippen LogP contribution in [0.15, 0.2) is 56.0 Å². The first kappa shape index (κ1) is 36.3. The summed E-state index contributed by atoms with van der Waals surface area (Å²) < 4.78 is 26.7. The number of thioether (sulfide) groups is 2. The number of rotatable bonds is 12. The van der Waals surface area contributed by atoms with E-state index in [1.54, 1.807) is 13.0 Å². The number of phenols is 2. The normalized spacial score (nSPS) is 17.5. The van der Waals surface area contributed by atoms with Crippen molar-refractivity contribution < 1.29 is 53.0 Å². The first-order valence-electron chi connectivity index (χ1n) is 14.4. The first-order valence-corrected chi connectivity index (χ1v) is 18.9. The van der Waals surface area contributed by atoms with E-state index in [-0.39, 0.29) is 39.6 Å². The monoisotopic (exact) mass is 792 g/mol. The molecule has 0 unspecified atom stereocenters. The van der Waals surface area contributed by atoms with Crippen LogP contribution in [0.1, 0.15) is 22.0 Å². The Bertz CT molecular complexity index is 2330. The van der Waals surface area contributed by atoms with Crippen LogP contribution in [0.2, 0.25) is 0 Å². The van der Waals surface area contributed by atoms with Crippen LogP contribution in [-0.4, -0.2) is 117 Å². The van der Waals surface area contributed by atoms with Gasteiger partial charge in [0.25, 0.3) is 17.6 Å². The lowest BCUT2D eigenvalue weighted by Gasteiger charge is -2.49. The second-order valence-electron chi connectivity index (χ2n) is 10.8. The zero-order chi connectivity index (χ0) is 37.5. The minimum atomic E-state index is -4.24. The third kappa shape index (κ3) is 7.02. The number of oxime groups is 1. The molecule has 1 aromatic carbocycles. The number of aryl methyl sites for hydroxylation is 1. The number of carbonyl (C=O) groups is 4. The third-order valence-corrected chi connectivity index (χ3v) is 11.8. The zero-order valence-corrected chi connectivity index (χ0v) is 29.4. The molecule has 52 heavy (non-hydrogen) atoms. The van der Waals surface area contributed by atoms with Crippen molar-refractivity contribution in [1.82, 2.24) is 40.3 Å². The molecule has 0 saturated carbocycles. The van der Waals surface area contributed by atoms with Gasteiger partial charge in [0.15, 0.2) is 22.3 Å². The van der Waals surface area contributed by atoms with Gasteiger partial charge >= 0.3 is 11.9 Å². The molecule has 0 radical (unpaired) electrons. The van der Waals surface area contributed by atoms with Gasteiger partial charge in [-0.2, -0.15) is 9.50 Å². The Morgan fingerprint density at radius 3 is 2.62 bits per heavy atom. The molecular formula is C27H24N10O11S4. The van der Waals surface area contributed by atoms with Gasteiger partial charge in [0, 0.05) is 28.6 Å². The Morgan fingerprint density at radius 1 is 1.17 bits per heavy atom. The number of nitrogens with zero attached hydrogens (tertiary/aromatic N) is 7. The maximum Gasteiger partial charge on any atom is 0.352 e. The molecule has 8 N–H and O–H groups in total. The highest BCUT2D eigenvalue weighted by molar-refractivity contribution is 8.01. The Labute approximate surface area is 303 Å². The van der Waals surface area contributed by atoms with Gasteiger partial charge in [0.2, 0.25) is 21.6 Å². The van der Waals surface area contributed by atoms with E-state index in [4.69, 9.17) is 15.8 Å². The van der Waals surface area contributed by atoms with Gasteiger partial charge in [-0.05, 0) is 30.7 Å². The van der Waals surface area contributed by atoms with Crippen LogP contribution < -0.4 is 16.5 Å². The number of nitrogens with one attached hydrogen (secondary N) is 2. The van der Waals surface area contributed by atoms with E-state index in [2.05, 4.69) is 30.5 Å². The molecule has 6 rings (SSSR count). The highest BCUT2D eigenvalue weighted by Gasteiger charge is 2.54. The summed E-state index contributed by atoms with van der Waals surface area (Å²) in [7, 11) is -4.24. The molecule has 25 heteroatoms. The van der Waals surface area contributed by atoms with Gasteiger partial charge in [0.1, 0.15) is 27.8 Å². The summed E-state index contributed by atoms with van der Waals surface area (Å²) >= 11 is 3.28. The molecule has 1 fully saturated rings. The summed E-state index contributed by atoms with van der Waals surface area (Å²) in [6.45, 7) is 1.68. The number of aromatic hydroxyl groups is 2. The third-order valence-electron chi connectivity index (χ3n) is 7.29. The number of carboxylic acid groups (broad SMARTS) is 1. The van der Waals surface area contributed by atoms with E-state index in [1.807, 2.05) is 0 Å². The maximum atomic E-state index is 13.4. The average Bonchev–Trinajstić information content (AvgIpc) is 3.74. The van der Waals surface area contributed by atoms with Crippen molar-refractivity contribution in [2.24, 2.45) is 5.16 Å². The number of hydrogen-bond donors (Lipinski definition) is 7. The molecule has 4 aromatic rings. The summed E-state index contributed by atoms with van der Waals surface area (Å²) in [5.74, 6) is -6.44. The molecule has 272 valence electrons. The van der Waals surface area contributed by atoms with Crippen LogP contribution in [-0.2, 0) is 29.1 Å². The molecule has 0 bridgehead atoms. The van der Waals surface area contributed by atoms with Gasteiger partial charge in [0.05, 0.1) is 4.90 Å². The Morgan fingerprint density at radius 2 is 1.94 bits per heavy atom. The molecule has 2 aliphatic rings. The number of thiazole rings is 1. The van der Waals surface area contributed by atoms with Crippen LogP contribution in [0.25, 0.3) is 5.78 Å². The van der Waals surface area contributed by atoms with Crippen LogP contribution in [0.5, 0.6) is 11.5 Å². The Balaban J connectivity index is 1.18. The lowest BCUT2D eigenvalue weighted by molar-refractivity contribution is -0.150. The second kappa shape index (κ2) is 14.3. The van der Waals surface area contributed by atoms with Crippen molar-refractivity contribution in [2.45, 2.75) is 28.3 Å². The molecule has 3 aromatic heterocycles. The number of phenolic OH excluding ortho intramolecular Hbond substituents is 2. The van der Waals surface area contributed by atoms with Gasteiger partial charge in [-0.15, -0.1) is 40.0 Å². The number of amides is 3. The summed E-state index contributed by atoms with van der Waals surface area (Å²) in [5.41, 5.74) is 7.16.